The van der Waals surface area contributed by atoms with Crippen molar-refractivity contribution in [2.24, 2.45) is 0 Å². The van der Waals surface area contributed by atoms with E-state index in [2.05, 4.69) is 63.5 Å². The maximum Gasteiger partial charge on any atom is 1.00 e. The largest absolute Gasteiger partial charge is 1.00 e. The van der Waals surface area contributed by atoms with Gasteiger partial charge in [0, 0.05) is 0 Å². The van der Waals surface area contributed by atoms with Crippen molar-refractivity contribution >= 4 is 22.2 Å². The number of hydrogen-bond donors (Lipinski definition) is 0. The van der Waals surface area contributed by atoms with E-state index in [4.69, 9.17) is 9.96 Å². The topological polar surface area (TPSA) is 28.2 Å². The number of benzene rings is 1. The Balaban J connectivity index is 0. The van der Waals surface area contributed by atoms with Gasteiger partial charge in [-0.15, -0.1) is 12.2 Å². The zero-order valence-corrected chi connectivity index (χ0v) is 15.9. The van der Waals surface area contributed by atoms with E-state index in [0.29, 0.717) is 0 Å². The second-order valence-corrected chi connectivity index (χ2v) is 15.6. The van der Waals surface area contributed by atoms with Crippen molar-refractivity contribution in [3.8, 4) is 0 Å². The van der Waals surface area contributed by atoms with Crippen LogP contribution in [0.15, 0.2) is 24.3 Å². The second kappa shape index (κ2) is 8.80. The maximum atomic E-state index is 4.89. The molecule has 2 nitrogen and oxygen atoms in total. The molecule has 1 aromatic rings. The first-order chi connectivity index (χ1) is 7.67. The smallest absolute Gasteiger partial charge is 0.687 e. The van der Waals surface area contributed by atoms with Gasteiger partial charge in [0.1, 0.15) is 0 Å². The molecule has 96 valence electrons. The van der Waals surface area contributed by atoms with Crippen molar-refractivity contribution in [2.45, 2.75) is 45.8 Å². The minimum atomic E-state index is -1.41. The molecule has 0 atom stereocenters. The van der Waals surface area contributed by atoms with Gasteiger partial charge in [0.2, 0.25) is 0 Å². The molecule has 0 bridgehead atoms. The van der Waals surface area contributed by atoms with Gasteiger partial charge in [0.05, 0.1) is 0 Å². The van der Waals surface area contributed by atoms with Gasteiger partial charge in [-0.1, -0.05) is 77.3 Å². The first-order valence-corrected chi connectivity index (χ1v) is 13.1. The summed E-state index contributed by atoms with van der Waals surface area (Å²) in [7, 11) is -2.74. The standard InChI is InChI=1S/C13H24N2Si2.2Li/c1-16(2,3)14-11-12-9-7-8-10-13(12)15-17(4,5)6;;/h7-10H,11H2,1-6H3;;/q-2;2*+1. The SMILES string of the molecule is C[Si](C)(C)[N-]Cc1ccccc1[N-][Si](C)(C)C.[Li+].[Li+]. The molecule has 0 unspecified atom stereocenters. The van der Waals surface area contributed by atoms with Crippen molar-refractivity contribution in [1.82, 2.24) is 0 Å². The predicted octanol–water partition coefficient (Wildman–Crippen LogP) is -0.757. The Kier molecular flexibility index (Phi) is 10.1. The Morgan fingerprint density at radius 1 is 0.842 bits per heavy atom. The molecule has 0 aliphatic rings. The first-order valence-electron chi connectivity index (χ1n) is 6.17. The van der Waals surface area contributed by atoms with Crippen LogP contribution < -0.4 is 37.7 Å². The van der Waals surface area contributed by atoms with Crippen molar-refractivity contribution in [3.05, 3.63) is 39.8 Å². The summed E-state index contributed by atoms with van der Waals surface area (Å²) in [5.41, 5.74) is 2.42. The second-order valence-electron chi connectivity index (χ2n) is 6.40. The molecule has 0 aromatic heterocycles. The Morgan fingerprint density at radius 2 is 1.37 bits per heavy atom. The van der Waals surface area contributed by atoms with Crippen molar-refractivity contribution < 1.29 is 37.7 Å². The zero-order valence-electron chi connectivity index (χ0n) is 13.9. The van der Waals surface area contributed by atoms with Crippen LogP contribution in [-0.4, -0.2) is 16.5 Å². The van der Waals surface area contributed by atoms with Gasteiger partial charge in [-0.2, -0.15) is 0 Å². The van der Waals surface area contributed by atoms with Crippen molar-refractivity contribution in [1.29, 1.82) is 0 Å². The monoisotopic (exact) mass is 278 g/mol. The average molecular weight is 278 g/mol. The van der Waals surface area contributed by atoms with E-state index in [1.807, 2.05) is 0 Å². The summed E-state index contributed by atoms with van der Waals surface area (Å²) < 4.78 is 0. The summed E-state index contributed by atoms with van der Waals surface area (Å²) >= 11 is 0. The molecule has 6 heteroatoms. The van der Waals surface area contributed by atoms with Crippen LogP contribution in [0.5, 0.6) is 0 Å². The van der Waals surface area contributed by atoms with Crippen LogP contribution in [-0.2, 0) is 6.54 Å². The summed E-state index contributed by atoms with van der Waals surface area (Å²) in [6, 6.07) is 8.42. The van der Waals surface area contributed by atoms with Gasteiger partial charge in [0.25, 0.3) is 0 Å². The average Bonchev–Trinajstić information content (AvgIpc) is 2.12. The minimum absolute atomic E-state index is 0. The van der Waals surface area contributed by atoms with Gasteiger partial charge in [-0.25, -0.2) is 0 Å². The third-order valence-corrected chi connectivity index (χ3v) is 4.19. The van der Waals surface area contributed by atoms with Crippen molar-refractivity contribution in [2.75, 3.05) is 0 Å². The van der Waals surface area contributed by atoms with Crippen LogP contribution in [0.25, 0.3) is 9.96 Å². The summed E-state index contributed by atoms with van der Waals surface area (Å²) in [5, 5.41) is 0. The normalized spacial score (nSPS) is 11.3. The number of rotatable bonds is 5. The van der Waals surface area contributed by atoms with Crippen LogP contribution in [0.3, 0.4) is 0 Å². The fraction of sp³-hybridized carbons (Fsp3) is 0.538. The molecule has 0 heterocycles. The molecule has 0 amide bonds. The fourth-order valence-electron chi connectivity index (χ4n) is 1.44. The van der Waals surface area contributed by atoms with Gasteiger partial charge in [-0.3, -0.25) is 0 Å². The molecular weight excluding hydrogens is 254 g/mol. The molecule has 0 aliphatic carbocycles. The van der Waals surface area contributed by atoms with E-state index in [0.717, 1.165) is 12.2 Å². The molecule has 0 radical (unpaired) electrons. The van der Waals surface area contributed by atoms with Gasteiger partial charge in [0.15, 0.2) is 0 Å². The van der Waals surface area contributed by atoms with E-state index in [1.54, 1.807) is 0 Å². The third-order valence-electron chi connectivity index (χ3n) is 2.17. The Labute approximate surface area is 145 Å². The zero-order chi connectivity index (χ0) is 13.1. The van der Waals surface area contributed by atoms with E-state index in [9.17, 15) is 0 Å². The summed E-state index contributed by atoms with van der Waals surface area (Å²) in [6.07, 6.45) is 0. The van der Waals surface area contributed by atoms with Crippen LogP contribution in [0, 0.1) is 0 Å². The molecule has 1 rings (SSSR count). The van der Waals surface area contributed by atoms with Gasteiger partial charge < -0.3 is 9.96 Å². The molecular formula is C13H24Li2N2Si2. The maximum absolute atomic E-state index is 4.89. The van der Waals surface area contributed by atoms with Gasteiger partial charge in [-0.05, 0) is 8.24 Å². The van der Waals surface area contributed by atoms with Gasteiger partial charge >= 0.3 is 37.7 Å². The number of nitrogens with zero attached hydrogens (tertiary/aromatic N) is 2. The van der Waals surface area contributed by atoms with Crippen LogP contribution in [0.4, 0.5) is 5.69 Å². The van der Waals surface area contributed by atoms with Crippen LogP contribution in [0.1, 0.15) is 5.56 Å². The number of hydrogen-bond acceptors (Lipinski definition) is 0. The molecule has 0 N–H and O–H groups in total. The molecule has 0 saturated heterocycles. The third kappa shape index (κ3) is 10.0. The van der Waals surface area contributed by atoms with Crippen LogP contribution >= 0.6 is 0 Å². The fourth-order valence-corrected chi connectivity index (χ4v) is 3.02. The first kappa shape index (κ1) is 21.9. The van der Waals surface area contributed by atoms with Crippen molar-refractivity contribution in [3.63, 3.8) is 0 Å². The Morgan fingerprint density at radius 3 is 1.84 bits per heavy atom. The predicted molar refractivity (Wildman–Crippen MR) is 83.2 cm³/mol. The van der Waals surface area contributed by atoms with E-state index < -0.39 is 16.5 Å². The molecule has 0 spiro atoms. The molecule has 19 heavy (non-hydrogen) atoms. The quantitative estimate of drug-likeness (QED) is 0.634. The Bertz CT molecular complexity index is 374. The van der Waals surface area contributed by atoms with E-state index in [-0.39, 0.29) is 37.7 Å². The summed E-state index contributed by atoms with van der Waals surface area (Å²) in [5.74, 6) is 0. The summed E-state index contributed by atoms with van der Waals surface area (Å²) in [6.45, 7) is 14.4. The minimum Gasteiger partial charge on any atom is -0.687 e. The molecule has 0 saturated carbocycles. The van der Waals surface area contributed by atoms with E-state index in [1.165, 1.54) is 5.56 Å². The Hall–Kier alpha value is 0.609. The van der Waals surface area contributed by atoms with E-state index >= 15 is 0 Å². The molecule has 0 aliphatic heterocycles. The van der Waals surface area contributed by atoms with Crippen LogP contribution in [0.2, 0.25) is 39.3 Å². The molecule has 1 aromatic carbocycles. The summed E-state index contributed by atoms with van der Waals surface area (Å²) in [4.78, 5) is 9.70. The molecule has 0 fully saturated rings.